The van der Waals surface area contributed by atoms with Crippen LogP contribution in [-0.4, -0.2) is 41.2 Å². The molecule has 0 saturated carbocycles. The Morgan fingerprint density at radius 1 is 1.33 bits per heavy atom. The first-order valence-electron chi connectivity index (χ1n) is 8.08. The lowest BCUT2D eigenvalue weighted by Gasteiger charge is -2.28. The summed E-state index contributed by atoms with van der Waals surface area (Å²) in [5.74, 6) is -0.832. The molecule has 9 heteroatoms. The minimum Gasteiger partial charge on any atom is -0.451 e. The molecule has 1 aliphatic rings. The van der Waals surface area contributed by atoms with Gasteiger partial charge < -0.3 is 10.1 Å². The largest absolute Gasteiger partial charge is 0.451 e. The number of para-hydroxylation sites is 1. The lowest BCUT2D eigenvalue weighted by molar-refractivity contribution is -0.152. The maximum Gasteiger partial charge on any atom is 0.326 e. The fraction of sp³-hybridized carbons (Fsp3) is 0.222. The number of ether oxygens (including phenoxy) is 1. The molecule has 0 aliphatic carbocycles. The minimum atomic E-state index is -1.04. The molecule has 0 saturated heterocycles. The Morgan fingerprint density at radius 2 is 2.11 bits per heavy atom. The van der Waals surface area contributed by atoms with Crippen molar-refractivity contribution in [3.8, 4) is 0 Å². The van der Waals surface area contributed by atoms with Crippen LogP contribution in [0.5, 0.6) is 0 Å². The lowest BCUT2D eigenvalue weighted by Crippen LogP contribution is -2.41. The van der Waals surface area contributed by atoms with Gasteiger partial charge in [-0.3, -0.25) is 19.3 Å². The number of anilines is 2. The molecule has 1 aromatic heterocycles. The van der Waals surface area contributed by atoms with Gasteiger partial charge in [-0.15, -0.1) is 11.8 Å². The zero-order valence-corrected chi connectivity index (χ0v) is 15.9. The number of nitrogens with one attached hydrogen (secondary N) is 1. The van der Waals surface area contributed by atoms with E-state index in [0.717, 1.165) is 4.90 Å². The SMILES string of the molecule is C[C@H](OC(=O)CN1C(=O)CSc2ccccc21)C(=O)Nc1ccc(Cl)cn1. The fourth-order valence-corrected chi connectivity index (χ4v) is 3.47. The van der Waals surface area contributed by atoms with E-state index in [-0.39, 0.29) is 18.2 Å². The highest BCUT2D eigenvalue weighted by atomic mass is 35.5. The van der Waals surface area contributed by atoms with E-state index in [1.807, 2.05) is 12.1 Å². The van der Waals surface area contributed by atoms with Crippen molar-refractivity contribution in [1.82, 2.24) is 4.98 Å². The normalized spacial score (nSPS) is 14.3. The summed E-state index contributed by atoms with van der Waals surface area (Å²) in [4.78, 5) is 42.8. The van der Waals surface area contributed by atoms with Gasteiger partial charge in [0.2, 0.25) is 5.91 Å². The number of hydrogen-bond acceptors (Lipinski definition) is 6. The third kappa shape index (κ3) is 4.78. The van der Waals surface area contributed by atoms with Crippen molar-refractivity contribution >= 4 is 52.7 Å². The summed E-state index contributed by atoms with van der Waals surface area (Å²) in [5.41, 5.74) is 0.665. The first-order valence-corrected chi connectivity index (χ1v) is 9.44. The number of pyridine rings is 1. The van der Waals surface area contributed by atoms with Gasteiger partial charge in [0.25, 0.3) is 5.91 Å². The fourth-order valence-electron chi connectivity index (χ4n) is 2.42. The number of nitrogens with zero attached hydrogens (tertiary/aromatic N) is 2. The van der Waals surface area contributed by atoms with Crippen LogP contribution < -0.4 is 10.2 Å². The number of hydrogen-bond donors (Lipinski definition) is 1. The monoisotopic (exact) mass is 405 g/mol. The quantitative estimate of drug-likeness (QED) is 0.769. The van der Waals surface area contributed by atoms with Gasteiger partial charge in [0.1, 0.15) is 12.4 Å². The Balaban J connectivity index is 1.59. The Bertz CT molecular complexity index is 875. The second-order valence-corrected chi connectivity index (χ2v) is 7.17. The van der Waals surface area contributed by atoms with Crippen molar-refractivity contribution in [2.75, 3.05) is 22.5 Å². The van der Waals surface area contributed by atoms with Crippen molar-refractivity contribution in [2.24, 2.45) is 0 Å². The number of fused-ring (bicyclic) bond motifs is 1. The van der Waals surface area contributed by atoms with Crippen LogP contribution >= 0.6 is 23.4 Å². The molecule has 7 nitrogen and oxygen atoms in total. The minimum absolute atomic E-state index is 0.182. The predicted molar refractivity (Wildman–Crippen MR) is 103 cm³/mol. The molecule has 2 heterocycles. The van der Waals surface area contributed by atoms with E-state index in [1.165, 1.54) is 35.8 Å². The average Bonchev–Trinajstić information content (AvgIpc) is 2.66. The topological polar surface area (TPSA) is 88.6 Å². The van der Waals surface area contributed by atoms with Gasteiger partial charge in [-0.2, -0.15) is 0 Å². The second-order valence-electron chi connectivity index (χ2n) is 5.72. The molecule has 27 heavy (non-hydrogen) atoms. The van der Waals surface area contributed by atoms with Crippen molar-refractivity contribution < 1.29 is 19.1 Å². The summed E-state index contributed by atoms with van der Waals surface area (Å²) < 4.78 is 5.17. The molecule has 0 radical (unpaired) electrons. The van der Waals surface area contributed by atoms with E-state index < -0.39 is 18.0 Å². The van der Waals surface area contributed by atoms with Crippen molar-refractivity contribution in [2.45, 2.75) is 17.9 Å². The zero-order chi connectivity index (χ0) is 19.4. The number of benzene rings is 1. The molecule has 140 valence electrons. The molecule has 0 unspecified atom stereocenters. The molecule has 3 rings (SSSR count). The van der Waals surface area contributed by atoms with Gasteiger partial charge in [-0.25, -0.2) is 4.98 Å². The van der Waals surface area contributed by atoms with Crippen molar-refractivity contribution in [3.05, 3.63) is 47.6 Å². The van der Waals surface area contributed by atoms with E-state index in [2.05, 4.69) is 10.3 Å². The molecule has 0 spiro atoms. The molecular formula is C18H16ClN3O4S. The maximum absolute atomic E-state index is 12.2. The number of carbonyl (C=O) groups excluding carboxylic acids is 3. The highest BCUT2D eigenvalue weighted by molar-refractivity contribution is 8.00. The molecule has 2 aromatic rings. The van der Waals surface area contributed by atoms with Crippen LogP contribution in [0, 0.1) is 0 Å². The summed E-state index contributed by atoms with van der Waals surface area (Å²) in [6.45, 7) is 1.19. The summed E-state index contributed by atoms with van der Waals surface area (Å²) in [6.07, 6.45) is 0.352. The third-order valence-corrected chi connectivity index (χ3v) is 5.02. The van der Waals surface area contributed by atoms with E-state index in [1.54, 1.807) is 18.2 Å². The summed E-state index contributed by atoms with van der Waals surface area (Å²) in [7, 11) is 0. The van der Waals surface area contributed by atoms with E-state index in [4.69, 9.17) is 16.3 Å². The Morgan fingerprint density at radius 3 is 2.85 bits per heavy atom. The number of aromatic nitrogens is 1. The van der Waals surface area contributed by atoms with Crippen LogP contribution in [0.25, 0.3) is 0 Å². The molecule has 1 aromatic carbocycles. The second kappa shape index (κ2) is 8.41. The zero-order valence-electron chi connectivity index (χ0n) is 14.3. The molecule has 1 N–H and O–H groups in total. The first kappa shape index (κ1) is 19.2. The van der Waals surface area contributed by atoms with Gasteiger partial charge in [0.15, 0.2) is 6.10 Å². The molecule has 1 atom stereocenters. The summed E-state index contributed by atoms with van der Waals surface area (Å²) in [5, 5.41) is 2.97. The van der Waals surface area contributed by atoms with Crippen LogP contribution in [0.15, 0.2) is 47.5 Å². The van der Waals surface area contributed by atoms with Crippen molar-refractivity contribution in [3.63, 3.8) is 0 Å². The Labute approximate surface area is 165 Å². The Kier molecular flexibility index (Phi) is 5.98. The molecule has 1 aliphatic heterocycles. The molecule has 0 fully saturated rings. The number of rotatable bonds is 5. The Hall–Kier alpha value is -2.58. The van der Waals surface area contributed by atoms with E-state index in [0.29, 0.717) is 16.5 Å². The van der Waals surface area contributed by atoms with Gasteiger partial charge in [0, 0.05) is 11.1 Å². The van der Waals surface area contributed by atoms with E-state index >= 15 is 0 Å². The van der Waals surface area contributed by atoms with Gasteiger partial charge in [0.05, 0.1) is 16.5 Å². The van der Waals surface area contributed by atoms with Crippen LogP contribution in [0.4, 0.5) is 11.5 Å². The smallest absolute Gasteiger partial charge is 0.326 e. The lowest BCUT2D eigenvalue weighted by atomic mass is 10.2. The maximum atomic E-state index is 12.2. The molecule has 0 bridgehead atoms. The number of amides is 2. The predicted octanol–water partition coefficient (Wildman–Crippen LogP) is 2.74. The van der Waals surface area contributed by atoms with Crippen molar-refractivity contribution in [1.29, 1.82) is 0 Å². The highest BCUT2D eigenvalue weighted by Crippen LogP contribution is 2.34. The summed E-state index contributed by atoms with van der Waals surface area (Å²) in [6, 6.07) is 10.4. The van der Waals surface area contributed by atoms with Gasteiger partial charge >= 0.3 is 5.97 Å². The number of thioether (sulfide) groups is 1. The molecule has 2 amide bonds. The summed E-state index contributed by atoms with van der Waals surface area (Å²) >= 11 is 7.17. The number of carbonyl (C=O) groups is 3. The highest BCUT2D eigenvalue weighted by Gasteiger charge is 2.28. The molecular weight excluding hydrogens is 390 g/mol. The van der Waals surface area contributed by atoms with Crippen LogP contribution in [0.1, 0.15) is 6.92 Å². The number of halogens is 1. The van der Waals surface area contributed by atoms with Crippen LogP contribution in [-0.2, 0) is 19.1 Å². The van der Waals surface area contributed by atoms with Gasteiger partial charge in [-0.1, -0.05) is 23.7 Å². The van der Waals surface area contributed by atoms with Crippen LogP contribution in [0.3, 0.4) is 0 Å². The third-order valence-electron chi connectivity index (χ3n) is 3.75. The van der Waals surface area contributed by atoms with Gasteiger partial charge in [-0.05, 0) is 31.2 Å². The van der Waals surface area contributed by atoms with Crippen LogP contribution in [0.2, 0.25) is 5.02 Å². The van der Waals surface area contributed by atoms with E-state index in [9.17, 15) is 14.4 Å². The standard InChI is InChI=1S/C18H16ClN3O4S/c1-11(18(25)21-15-7-6-12(19)8-20-15)26-17(24)9-22-13-4-2-3-5-14(13)27-10-16(22)23/h2-8,11H,9-10H2,1H3,(H,20,21,25)/t11-/m0/s1. The number of esters is 1. The average molecular weight is 406 g/mol. The first-order chi connectivity index (χ1) is 12.9.